The molecular formula is C11H23N3O. The highest BCUT2D eigenvalue weighted by molar-refractivity contribution is 5.86. The van der Waals surface area contributed by atoms with Gasteiger partial charge in [-0.1, -0.05) is 13.8 Å². The molecule has 0 aliphatic carbocycles. The van der Waals surface area contributed by atoms with Crippen LogP contribution in [-0.4, -0.2) is 42.5 Å². The van der Waals surface area contributed by atoms with E-state index in [0.717, 1.165) is 32.6 Å². The normalized spacial score (nSPS) is 18.7. The fraction of sp³-hybridized carbons (Fsp3) is 0.909. The molecule has 1 saturated heterocycles. The van der Waals surface area contributed by atoms with E-state index in [0.29, 0.717) is 12.8 Å². The molecule has 1 aliphatic heterocycles. The summed E-state index contributed by atoms with van der Waals surface area (Å²) in [5.74, 6) is 0.121. The lowest BCUT2D eigenvalue weighted by Gasteiger charge is -2.32. The second kappa shape index (κ2) is 5.47. The van der Waals surface area contributed by atoms with E-state index in [-0.39, 0.29) is 5.91 Å². The van der Waals surface area contributed by atoms with Crippen molar-refractivity contribution < 1.29 is 4.79 Å². The van der Waals surface area contributed by atoms with Crippen molar-refractivity contribution in [1.82, 2.24) is 10.2 Å². The molecule has 0 bridgehead atoms. The maximum atomic E-state index is 12.2. The molecule has 88 valence electrons. The third-order valence-corrected chi connectivity index (χ3v) is 3.32. The number of nitrogens with two attached hydrogens (primary N) is 1. The molecule has 0 radical (unpaired) electrons. The van der Waals surface area contributed by atoms with E-state index in [1.165, 1.54) is 0 Å². The van der Waals surface area contributed by atoms with Crippen LogP contribution in [-0.2, 0) is 4.79 Å². The number of hydrogen-bond donors (Lipinski definition) is 2. The predicted molar refractivity (Wildman–Crippen MR) is 61.6 cm³/mol. The molecule has 0 aromatic carbocycles. The van der Waals surface area contributed by atoms with Gasteiger partial charge in [0, 0.05) is 19.6 Å². The Hall–Kier alpha value is -0.610. The summed E-state index contributed by atoms with van der Waals surface area (Å²) in [6, 6.07) is 0. The highest BCUT2D eigenvalue weighted by atomic mass is 16.2. The van der Waals surface area contributed by atoms with Crippen molar-refractivity contribution in [1.29, 1.82) is 0 Å². The molecule has 0 atom stereocenters. The maximum absolute atomic E-state index is 12.2. The van der Waals surface area contributed by atoms with Gasteiger partial charge < -0.3 is 16.0 Å². The zero-order valence-electron chi connectivity index (χ0n) is 9.88. The van der Waals surface area contributed by atoms with Crippen LogP contribution in [0.4, 0.5) is 0 Å². The Kier molecular flexibility index (Phi) is 4.54. The molecule has 1 heterocycles. The van der Waals surface area contributed by atoms with Crippen LogP contribution in [0.15, 0.2) is 0 Å². The van der Waals surface area contributed by atoms with Crippen molar-refractivity contribution >= 4 is 5.91 Å². The number of carbonyl (C=O) groups is 1. The molecule has 3 N–H and O–H groups in total. The first kappa shape index (κ1) is 12.5. The van der Waals surface area contributed by atoms with E-state index in [1.807, 2.05) is 18.7 Å². The summed E-state index contributed by atoms with van der Waals surface area (Å²) in [5.41, 5.74) is 5.46. The van der Waals surface area contributed by atoms with E-state index in [4.69, 9.17) is 5.73 Å². The Labute approximate surface area is 92.2 Å². The van der Waals surface area contributed by atoms with Crippen LogP contribution in [0, 0.1) is 0 Å². The van der Waals surface area contributed by atoms with Gasteiger partial charge in [-0.15, -0.1) is 0 Å². The third kappa shape index (κ3) is 2.92. The molecule has 0 aromatic rings. The zero-order chi connectivity index (χ0) is 11.3. The number of hydrogen-bond acceptors (Lipinski definition) is 3. The van der Waals surface area contributed by atoms with Gasteiger partial charge in [0.2, 0.25) is 5.91 Å². The average molecular weight is 213 g/mol. The maximum Gasteiger partial charge on any atom is 0.242 e. The first-order valence-corrected chi connectivity index (χ1v) is 5.93. The molecular weight excluding hydrogens is 190 g/mol. The Bertz CT molecular complexity index is 206. The molecule has 0 unspecified atom stereocenters. The van der Waals surface area contributed by atoms with E-state index < -0.39 is 5.54 Å². The van der Waals surface area contributed by atoms with Gasteiger partial charge in [-0.05, 0) is 25.8 Å². The minimum atomic E-state index is -0.648. The monoisotopic (exact) mass is 213 g/mol. The Morgan fingerprint density at radius 1 is 1.33 bits per heavy atom. The first-order valence-electron chi connectivity index (χ1n) is 5.93. The molecule has 15 heavy (non-hydrogen) atoms. The van der Waals surface area contributed by atoms with E-state index in [1.54, 1.807) is 0 Å². The lowest BCUT2D eigenvalue weighted by Crippen LogP contribution is -2.55. The van der Waals surface area contributed by atoms with Gasteiger partial charge in [-0.2, -0.15) is 0 Å². The van der Waals surface area contributed by atoms with Crippen molar-refractivity contribution in [2.75, 3.05) is 26.2 Å². The van der Waals surface area contributed by atoms with Gasteiger partial charge in [-0.3, -0.25) is 4.79 Å². The van der Waals surface area contributed by atoms with Crippen LogP contribution >= 0.6 is 0 Å². The molecule has 1 amide bonds. The number of nitrogens with one attached hydrogen (secondary N) is 1. The molecule has 1 aliphatic rings. The number of carbonyl (C=O) groups excluding carboxylic acids is 1. The van der Waals surface area contributed by atoms with Crippen molar-refractivity contribution in [3.8, 4) is 0 Å². The summed E-state index contributed by atoms with van der Waals surface area (Å²) in [6.07, 6.45) is 2.45. The quantitative estimate of drug-likeness (QED) is 0.710. The second-order valence-electron chi connectivity index (χ2n) is 4.26. The molecule has 0 spiro atoms. The summed E-state index contributed by atoms with van der Waals surface area (Å²) in [4.78, 5) is 14.1. The molecule has 0 aromatic heterocycles. The average Bonchev–Trinajstić information content (AvgIpc) is 2.55. The predicted octanol–water partition coefficient (Wildman–Crippen LogP) is 0.326. The minimum absolute atomic E-state index is 0.121. The van der Waals surface area contributed by atoms with Gasteiger partial charge >= 0.3 is 0 Å². The summed E-state index contributed by atoms with van der Waals surface area (Å²) >= 11 is 0. The highest BCUT2D eigenvalue weighted by Crippen LogP contribution is 2.15. The van der Waals surface area contributed by atoms with Crippen molar-refractivity contribution in [3.63, 3.8) is 0 Å². The molecule has 1 fully saturated rings. The molecule has 0 saturated carbocycles. The number of nitrogens with zero attached hydrogens (tertiary/aromatic N) is 1. The van der Waals surface area contributed by atoms with E-state index >= 15 is 0 Å². The summed E-state index contributed by atoms with van der Waals surface area (Å²) in [5, 5.41) is 3.28. The summed E-state index contributed by atoms with van der Waals surface area (Å²) in [7, 11) is 0. The van der Waals surface area contributed by atoms with Crippen molar-refractivity contribution in [3.05, 3.63) is 0 Å². The lowest BCUT2D eigenvalue weighted by atomic mass is 9.92. The SMILES string of the molecule is CCC(N)(CC)C(=O)N1CCCNCC1. The van der Waals surface area contributed by atoms with Gasteiger partial charge in [0.1, 0.15) is 0 Å². The summed E-state index contributed by atoms with van der Waals surface area (Å²) in [6.45, 7) is 7.48. The second-order valence-corrected chi connectivity index (χ2v) is 4.26. The zero-order valence-corrected chi connectivity index (χ0v) is 9.88. The van der Waals surface area contributed by atoms with E-state index in [2.05, 4.69) is 5.32 Å². The fourth-order valence-corrected chi connectivity index (χ4v) is 1.92. The highest BCUT2D eigenvalue weighted by Gasteiger charge is 2.33. The standard InChI is InChI=1S/C11H23N3O/c1-3-11(12,4-2)10(15)14-8-5-6-13-7-9-14/h13H,3-9,12H2,1-2H3. The van der Waals surface area contributed by atoms with E-state index in [9.17, 15) is 4.79 Å². The Morgan fingerprint density at radius 3 is 2.60 bits per heavy atom. The first-order chi connectivity index (χ1) is 7.14. The van der Waals surface area contributed by atoms with Crippen LogP contribution in [0.2, 0.25) is 0 Å². The molecule has 1 rings (SSSR count). The number of amides is 1. The van der Waals surface area contributed by atoms with Gasteiger partial charge in [0.15, 0.2) is 0 Å². The van der Waals surface area contributed by atoms with Crippen LogP contribution in [0.1, 0.15) is 33.1 Å². The largest absolute Gasteiger partial charge is 0.340 e. The number of rotatable bonds is 3. The van der Waals surface area contributed by atoms with Crippen LogP contribution in [0.3, 0.4) is 0 Å². The molecule has 4 heteroatoms. The van der Waals surface area contributed by atoms with Crippen molar-refractivity contribution in [2.24, 2.45) is 5.73 Å². The van der Waals surface area contributed by atoms with Gasteiger partial charge in [0.05, 0.1) is 5.54 Å². The Morgan fingerprint density at radius 2 is 2.00 bits per heavy atom. The lowest BCUT2D eigenvalue weighted by molar-refractivity contribution is -0.137. The van der Waals surface area contributed by atoms with Gasteiger partial charge in [-0.25, -0.2) is 0 Å². The van der Waals surface area contributed by atoms with Crippen LogP contribution in [0.25, 0.3) is 0 Å². The smallest absolute Gasteiger partial charge is 0.242 e. The van der Waals surface area contributed by atoms with Crippen LogP contribution in [0.5, 0.6) is 0 Å². The van der Waals surface area contributed by atoms with Gasteiger partial charge in [0.25, 0.3) is 0 Å². The third-order valence-electron chi connectivity index (χ3n) is 3.32. The topological polar surface area (TPSA) is 58.4 Å². The van der Waals surface area contributed by atoms with Crippen LogP contribution < -0.4 is 11.1 Å². The Balaban J connectivity index is 2.64. The minimum Gasteiger partial charge on any atom is -0.340 e. The van der Waals surface area contributed by atoms with Crippen molar-refractivity contribution in [2.45, 2.75) is 38.6 Å². The molecule has 4 nitrogen and oxygen atoms in total. The fourth-order valence-electron chi connectivity index (χ4n) is 1.92. The summed E-state index contributed by atoms with van der Waals surface area (Å²) < 4.78 is 0.